The number of anilines is 3. The first kappa shape index (κ1) is 16.8. The lowest BCUT2D eigenvalue weighted by Crippen LogP contribution is -2.15. The van der Waals surface area contributed by atoms with Crippen LogP contribution >= 0.6 is 0 Å². The summed E-state index contributed by atoms with van der Waals surface area (Å²) in [5, 5.41) is 7.25. The molecule has 0 saturated carbocycles. The number of amides is 1. The van der Waals surface area contributed by atoms with Gasteiger partial charge in [0.05, 0.1) is 18.3 Å². The maximum absolute atomic E-state index is 12.4. The summed E-state index contributed by atoms with van der Waals surface area (Å²) in [5.74, 6) is 0.446. The molecule has 4 rings (SSSR count). The highest BCUT2D eigenvalue weighted by atomic mass is 16.1. The van der Waals surface area contributed by atoms with Gasteiger partial charge >= 0.3 is 0 Å². The third kappa shape index (κ3) is 3.82. The van der Waals surface area contributed by atoms with Crippen molar-refractivity contribution in [2.75, 3.05) is 10.6 Å². The van der Waals surface area contributed by atoms with Crippen molar-refractivity contribution >= 4 is 34.0 Å². The molecule has 0 bridgehead atoms. The van der Waals surface area contributed by atoms with E-state index in [1.807, 2.05) is 54.7 Å². The Kier molecular flexibility index (Phi) is 4.58. The van der Waals surface area contributed by atoms with Crippen LogP contribution in [0.25, 0.3) is 10.9 Å². The van der Waals surface area contributed by atoms with Crippen LogP contribution in [0.2, 0.25) is 0 Å². The Labute approximate surface area is 157 Å². The van der Waals surface area contributed by atoms with Crippen LogP contribution in [0.1, 0.15) is 11.1 Å². The maximum atomic E-state index is 12.4. The molecule has 4 aromatic rings. The van der Waals surface area contributed by atoms with E-state index in [2.05, 4.69) is 33.6 Å². The lowest BCUT2D eigenvalue weighted by atomic mass is 10.1. The van der Waals surface area contributed by atoms with Gasteiger partial charge in [-0.2, -0.15) is 0 Å². The first-order chi connectivity index (χ1) is 13.2. The van der Waals surface area contributed by atoms with E-state index in [0.717, 1.165) is 33.4 Å². The van der Waals surface area contributed by atoms with Crippen LogP contribution in [-0.2, 0) is 11.2 Å². The number of rotatable bonds is 5. The third-order valence-electron chi connectivity index (χ3n) is 4.48. The highest BCUT2D eigenvalue weighted by molar-refractivity contribution is 5.95. The van der Waals surface area contributed by atoms with Gasteiger partial charge in [-0.05, 0) is 42.3 Å². The summed E-state index contributed by atoms with van der Waals surface area (Å²) in [6.45, 7) is 2.05. The Morgan fingerprint density at radius 3 is 2.67 bits per heavy atom. The van der Waals surface area contributed by atoms with E-state index in [0.29, 0.717) is 12.2 Å². The summed E-state index contributed by atoms with van der Waals surface area (Å²) < 4.78 is 0. The number of aromatic amines is 1. The maximum Gasteiger partial charge on any atom is 0.230 e. The van der Waals surface area contributed by atoms with E-state index >= 15 is 0 Å². The second-order valence-electron chi connectivity index (χ2n) is 6.46. The van der Waals surface area contributed by atoms with Crippen molar-refractivity contribution < 1.29 is 4.79 Å². The smallest absolute Gasteiger partial charge is 0.230 e. The van der Waals surface area contributed by atoms with Gasteiger partial charge in [-0.25, -0.2) is 4.98 Å². The third-order valence-corrected chi connectivity index (χ3v) is 4.48. The first-order valence-electron chi connectivity index (χ1n) is 8.82. The van der Waals surface area contributed by atoms with Crippen molar-refractivity contribution in [2.24, 2.45) is 0 Å². The monoisotopic (exact) mass is 356 g/mol. The molecular weight excluding hydrogens is 336 g/mol. The summed E-state index contributed by atoms with van der Waals surface area (Å²) in [6.07, 6.45) is 3.90. The largest absolute Gasteiger partial charge is 0.361 e. The number of H-pyrrole nitrogens is 1. The molecule has 0 unspecified atom stereocenters. The molecule has 3 N–H and O–H groups in total. The molecule has 5 heteroatoms. The van der Waals surface area contributed by atoms with Crippen LogP contribution in [0.5, 0.6) is 0 Å². The molecule has 0 atom stereocenters. The van der Waals surface area contributed by atoms with Gasteiger partial charge in [0.1, 0.15) is 5.82 Å². The average Bonchev–Trinajstić information content (AvgIpc) is 3.08. The lowest BCUT2D eigenvalue weighted by Gasteiger charge is -2.10. The van der Waals surface area contributed by atoms with E-state index in [-0.39, 0.29) is 5.91 Å². The SMILES string of the molecule is Cc1ccccc1Nc1ccc(NC(=O)Cc2c[nH]c3ccccc23)nc1. The molecule has 0 spiro atoms. The predicted molar refractivity (Wildman–Crippen MR) is 109 cm³/mol. The molecule has 0 aliphatic rings. The number of nitrogens with zero attached hydrogens (tertiary/aromatic N) is 1. The number of aryl methyl sites for hydroxylation is 1. The molecule has 2 heterocycles. The molecular formula is C22H20N4O. The Balaban J connectivity index is 1.41. The van der Waals surface area contributed by atoms with E-state index < -0.39 is 0 Å². The van der Waals surface area contributed by atoms with E-state index in [4.69, 9.17) is 0 Å². The van der Waals surface area contributed by atoms with Gasteiger partial charge in [-0.3, -0.25) is 4.79 Å². The minimum absolute atomic E-state index is 0.0909. The molecule has 0 radical (unpaired) electrons. The zero-order valence-electron chi connectivity index (χ0n) is 15.0. The van der Waals surface area contributed by atoms with Crippen molar-refractivity contribution in [3.05, 3.63) is 84.2 Å². The fourth-order valence-corrected chi connectivity index (χ4v) is 3.05. The number of para-hydroxylation sites is 2. The number of hydrogen-bond donors (Lipinski definition) is 3. The molecule has 2 aromatic heterocycles. The van der Waals surface area contributed by atoms with E-state index in [9.17, 15) is 4.79 Å². The molecule has 2 aromatic carbocycles. The fraction of sp³-hybridized carbons (Fsp3) is 0.0909. The summed E-state index contributed by atoms with van der Waals surface area (Å²) in [4.78, 5) is 19.9. The lowest BCUT2D eigenvalue weighted by molar-refractivity contribution is -0.115. The predicted octanol–water partition coefficient (Wildman–Crippen LogP) is 4.80. The van der Waals surface area contributed by atoms with Gasteiger partial charge in [0, 0.05) is 22.8 Å². The highest BCUT2D eigenvalue weighted by Gasteiger charge is 2.09. The van der Waals surface area contributed by atoms with Gasteiger partial charge in [-0.1, -0.05) is 36.4 Å². The van der Waals surface area contributed by atoms with Crippen molar-refractivity contribution in [1.29, 1.82) is 0 Å². The topological polar surface area (TPSA) is 69.8 Å². The number of fused-ring (bicyclic) bond motifs is 1. The molecule has 0 aliphatic carbocycles. The summed E-state index contributed by atoms with van der Waals surface area (Å²) in [7, 11) is 0. The minimum atomic E-state index is -0.0909. The molecule has 0 aliphatic heterocycles. The minimum Gasteiger partial charge on any atom is -0.361 e. The summed E-state index contributed by atoms with van der Waals surface area (Å²) in [6, 6.07) is 19.7. The number of nitrogens with one attached hydrogen (secondary N) is 3. The van der Waals surface area contributed by atoms with Gasteiger partial charge in [0.25, 0.3) is 0 Å². The molecule has 134 valence electrons. The van der Waals surface area contributed by atoms with Gasteiger partial charge < -0.3 is 15.6 Å². The Bertz CT molecular complexity index is 1080. The van der Waals surface area contributed by atoms with Gasteiger partial charge in [0.15, 0.2) is 0 Å². The molecule has 1 amide bonds. The second-order valence-corrected chi connectivity index (χ2v) is 6.46. The Hall–Kier alpha value is -3.60. The molecule has 0 fully saturated rings. The van der Waals surface area contributed by atoms with Crippen LogP contribution in [0, 0.1) is 6.92 Å². The highest BCUT2D eigenvalue weighted by Crippen LogP contribution is 2.21. The van der Waals surface area contributed by atoms with Crippen molar-refractivity contribution in [3.8, 4) is 0 Å². The van der Waals surface area contributed by atoms with Crippen molar-refractivity contribution in [2.45, 2.75) is 13.3 Å². The van der Waals surface area contributed by atoms with Crippen LogP contribution in [0.3, 0.4) is 0 Å². The summed E-state index contributed by atoms with van der Waals surface area (Å²) in [5.41, 5.74) is 5.08. The van der Waals surface area contributed by atoms with Crippen LogP contribution in [0.4, 0.5) is 17.2 Å². The normalized spacial score (nSPS) is 10.7. The standard InChI is InChI=1S/C22H20N4O/c1-15-6-2-4-8-19(15)25-17-10-11-21(24-14-17)26-22(27)12-16-13-23-20-9-5-3-7-18(16)20/h2-11,13-14,23,25H,12H2,1H3,(H,24,26,27). The second kappa shape index (κ2) is 7.33. The number of hydrogen-bond acceptors (Lipinski definition) is 3. The number of pyridine rings is 1. The molecule has 27 heavy (non-hydrogen) atoms. The fourth-order valence-electron chi connectivity index (χ4n) is 3.05. The molecule has 0 saturated heterocycles. The van der Waals surface area contributed by atoms with E-state index in [1.54, 1.807) is 12.3 Å². The summed E-state index contributed by atoms with van der Waals surface area (Å²) >= 11 is 0. The molecule has 5 nitrogen and oxygen atoms in total. The van der Waals surface area contributed by atoms with Crippen molar-refractivity contribution in [1.82, 2.24) is 9.97 Å². The van der Waals surface area contributed by atoms with Crippen LogP contribution < -0.4 is 10.6 Å². The van der Waals surface area contributed by atoms with Crippen LogP contribution in [0.15, 0.2) is 73.1 Å². The average molecular weight is 356 g/mol. The van der Waals surface area contributed by atoms with Crippen molar-refractivity contribution in [3.63, 3.8) is 0 Å². The van der Waals surface area contributed by atoms with Crippen LogP contribution in [-0.4, -0.2) is 15.9 Å². The van der Waals surface area contributed by atoms with Gasteiger partial charge in [0.2, 0.25) is 5.91 Å². The quantitative estimate of drug-likeness (QED) is 0.481. The zero-order chi connectivity index (χ0) is 18.6. The number of benzene rings is 2. The number of carbonyl (C=O) groups excluding carboxylic acids is 1. The number of carbonyl (C=O) groups is 1. The zero-order valence-corrected chi connectivity index (χ0v) is 15.0. The Morgan fingerprint density at radius 1 is 1.04 bits per heavy atom. The number of aromatic nitrogens is 2. The first-order valence-corrected chi connectivity index (χ1v) is 8.82. The van der Waals surface area contributed by atoms with E-state index in [1.165, 1.54) is 0 Å². The van der Waals surface area contributed by atoms with Gasteiger partial charge in [-0.15, -0.1) is 0 Å². The Morgan fingerprint density at radius 2 is 1.85 bits per heavy atom.